The monoisotopic (exact) mass is 271 g/mol. The van der Waals surface area contributed by atoms with Crippen molar-refractivity contribution in [3.05, 3.63) is 9.98 Å². The number of aromatic nitrogens is 1. The molecule has 0 bridgehead atoms. The summed E-state index contributed by atoms with van der Waals surface area (Å²) >= 11 is 4.37. The van der Waals surface area contributed by atoms with Gasteiger partial charge in [0.25, 0.3) is 5.92 Å². The summed E-state index contributed by atoms with van der Waals surface area (Å²) in [7, 11) is 0. The SMILES string of the molecule is NCC(F)(F)CNc1nc(Br)cs1. The first-order chi connectivity index (χ1) is 6.03. The van der Waals surface area contributed by atoms with E-state index in [9.17, 15) is 8.78 Å². The van der Waals surface area contributed by atoms with Crippen LogP contribution < -0.4 is 11.1 Å². The largest absolute Gasteiger partial charge is 0.355 e. The van der Waals surface area contributed by atoms with Crippen molar-refractivity contribution in [1.29, 1.82) is 0 Å². The molecule has 0 spiro atoms. The van der Waals surface area contributed by atoms with E-state index in [4.69, 9.17) is 5.73 Å². The second kappa shape index (κ2) is 4.30. The van der Waals surface area contributed by atoms with Gasteiger partial charge in [0.05, 0.1) is 13.1 Å². The molecule has 1 heterocycles. The highest BCUT2D eigenvalue weighted by atomic mass is 79.9. The summed E-state index contributed by atoms with van der Waals surface area (Å²) < 4.78 is 25.9. The van der Waals surface area contributed by atoms with Crippen molar-refractivity contribution in [2.24, 2.45) is 5.73 Å². The lowest BCUT2D eigenvalue weighted by Crippen LogP contribution is -2.35. The van der Waals surface area contributed by atoms with Crippen molar-refractivity contribution in [1.82, 2.24) is 4.98 Å². The molecular formula is C6H8BrF2N3S. The third kappa shape index (κ3) is 3.53. The van der Waals surface area contributed by atoms with Crippen LogP contribution in [0.3, 0.4) is 0 Å². The number of rotatable bonds is 4. The van der Waals surface area contributed by atoms with Crippen molar-refractivity contribution < 1.29 is 8.78 Å². The van der Waals surface area contributed by atoms with E-state index in [1.165, 1.54) is 11.3 Å². The zero-order chi connectivity index (χ0) is 9.90. The second-order valence-electron chi connectivity index (χ2n) is 2.39. The molecule has 0 saturated heterocycles. The minimum atomic E-state index is -2.88. The summed E-state index contributed by atoms with van der Waals surface area (Å²) in [5, 5.41) is 4.67. The number of hydrogen-bond donors (Lipinski definition) is 2. The van der Waals surface area contributed by atoms with Crippen LogP contribution in [0, 0.1) is 0 Å². The van der Waals surface area contributed by atoms with Gasteiger partial charge in [-0.25, -0.2) is 13.8 Å². The summed E-state index contributed by atoms with van der Waals surface area (Å²) in [6.45, 7) is -1.14. The molecule has 0 aromatic carbocycles. The number of anilines is 1. The number of nitrogens with zero attached hydrogens (tertiary/aromatic N) is 1. The van der Waals surface area contributed by atoms with Crippen LogP contribution >= 0.6 is 27.3 Å². The zero-order valence-electron chi connectivity index (χ0n) is 6.56. The summed E-state index contributed by atoms with van der Waals surface area (Å²) in [6.07, 6.45) is 0. The Balaban J connectivity index is 2.43. The van der Waals surface area contributed by atoms with Crippen molar-refractivity contribution in [3.63, 3.8) is 0 Å². The van der Waals surface area contributed by atoms with Gasteiger partial charge in [-0.15, -0.1) is 11.3 Å². The first kappa shape index (κ1) is 10.8. The van der Waals surface area contributed by atoms with Gasteiger partial charge >= 0.3 is 0 Å². The van der Waals surface area contributed by atoms with E-state index in [-0.39, 0.29) is 0 Å². The van der Waals surface area contributed by atoms with E-state index < -0.39 is 19.0 Å². The van der Waals surface area contributed by atoms with Crippen LogP contribution in [0.25, 0.3) is 0 Å². The maximum absolute atomic E-state index is 12.6. The van der Waals surface area contributed by atoms with Crippen LogP contribution in [0.5, 0.6) is 0 Å². The number of nitrogens with two attached hydrogens (primary N) is 1. The van der Waals surface area contributed by atoms with Crippen LogP contribution in [0.15, 0.2) is 9.98 Å². The summed E-state index contributed by atoms with van der Waals surface area (Å²) in [5.74, 6) is -2.88. The lowest BCUT2D eigenvalue weighted by atomic mass is 10.3. The molecule has 0 unspecified atom stereocenters. The van der Waals surface area contributed by atoms with E-state index >= 15 is 0 Å². The minimum absolute atomic E-state index is 0.458. The smallest absolute Gasteiger partial charge is 0.276 e. The molecule has 13 heavy (non-hydrogen) atoms. The van der Waals surface area contributed by atoms with Gasteiger partial charge in [-0.2, -0.15) is 0 Å². The molecule has 0 radical (unpaired) electrons. The van der Waals surface area contributed by atoms with Crippen molar-refractivity contribution in [2.75, 3.05) is 18.4 Å². The zero-order valence-corrected chi connectivity index (χ0v) is 8.96. The van der Waals surface area contributed by atoms with Crippen LogP contribution in [0.4, 0.5) is 13.9 Å². The molecule has 7 heteroatoms. The molecule has 0 atom stereocenters. The van der Waals surface area contributed by atoms with E-state index in [1.807, 2.05) is 0 Å². The first-order valence-electron chi connectivity index (χ1n) is 3.46. The van der Waals surface area contributed by atoms with Crippen LogP contribution in [-0.2, 0) is 0 Å². The number of nitrogens with one attached hydrogen (secondary N) is 1. The average Bonchev–Trinajstić information content (AvgIpc) is 2.48. The Morgan fingerprint density at radius 2 is 2.38 bits per heavy atom. The predicted octanol–water partition coefficient (Wildman–Crippen LogP) is 1.91. The summed E-state index contributed by atoms with van der Waals surface area (Å²) in [6, 6.07) is 0. The topological polar surface area (TPSA) is 50.9 Å². The molecule has 0 amide bonds. The molecule has 0 saturated carbocycles. The van der Waals surface area contributed by atoms with Gasteiger partial charge in [-0.05, 0) is 15.9 Å². The second-order valence-corrected chi connectivity index (χ2v) is 4.06. The minimum Gasteiger partial charge on any atom is -0.355 e. The summed E-state index contributed by atoms with van der Waals surface area (Å²) in [5.41, 5.74) is 4.86. The first-order valence-corrected chi connectivity index (χ1v) is 5.13. The quantitative estimate of drug-likeness (QED) is 0.880. The Bertz CT molecular complexity index is 279. The molecule has 1 aromatic heterocycles. The van der Waals surface area contributed by atoms with Gasteiger partial charge in [0.15, 0.2) is 5.13 Å². The fourth-order valence-electron chi connectivity index (χ4n) is 0.612. The Hall–Kier alpha value is -0.270. The van der Waals surface area contributed by atoms with Crippen LogP contribution in [-0.4, -0.2) is 24.0 Å². The van der Waals surface area contributed by atoms with Crippen LogP contribution in [0.2, 0.25) is 0 Å². The normalized spacial score (nSPS) is 11.7. The Morgan fingerprint density at radius 3 is 2.85 bits per heavy atom. The van der Waals surface area contributed by atoms with E-state index in [1.54, 1.807) is 5.38 Å². The molecule has 0 aliphatic rings. The van der Waals surface area contributed by atoms with E-state index in [2.05, 4.69) is 26.2 Å². The maximum Gasteiger partial charge on any atom is 0.276 e. The number of alkyl halides is 2. The Labute approximate surface area is 86.5 Å². The average molecular weight is 272 g/mol. The molecule has 1 rings (SSSR count). The molecule has 1 aromatic rings. The van der Waals surface area contributed by atoms with E-state index in [0.29, 0.717) is 9.73 Å². The maximum atomic E-state index is 12.6. The van der Waals surface area contributed by atoms with E-state index in [0.717, 1.165) is 0 Å². The van der Waals surface area contributed by atoms with Crippen molar-refractivity contribution in [3.8, 4) is 0 Å². The standard InChI is InChI=1S/C6H8BrF2N3S/c7-4-1-13-5(12-4)11-3-6(8,9)2-10/h1H,2-3,10H2,(H,11,12). The number of thiazole rings is 1. The molecule has 0 aliphatic carbocycles. The van der Waals surface area contributed by atoms with Gasteiger partial charge in [0.2, 0.25) is 0 Å². The third-order valence-corrected chi connectivity index (χ3v) is 2.78. The fourth-order valence-corrected chi connectivity index (χ4v) is 1.76. The van der Waals surface area contributed by atoms with Gasteiger partial charge in [0.1, 0.15) is 4.60 Å². The highest BCUT2D eigenvalue weighted by Gasteiger charge is 2.26. The number of halogens is 3. The fraction of sp³-hybridized carbons (Fsp3) is 0.500. The van der Waals surface area contributed by atoms with Crippen molar-refractivity contribution in [2.45, 2.75) is 5.92 Å². The Kier molecular flexibility index (Phi) is 3.57. The Morgan fingerprint density at radius 1 is 1.69 bits per heavy atom. The highest BCUT2D eigenvalue weighted by Crippen LogP contribution is 2.20. The van der Waals surface area contributed by atoms with Gasteiger partial charge < -0.3 is 11.1 Å². The van der Waals surface area contributed by atoms with Gasteiger partial charge in [-0.1, -0.05) is 0 Å². The van der Waals surface area contributed by atoms with Gasteiger partial charge in [0, 0.05) is 5.38 Å². The highest BCUT2D eigenvalue weighted by molar-refractivity contribution is 9.10. The molecule has 74 valence electrons. The predicted molar refractivity (Wildman–Crippen MR) is 52.3 cm³/mol. The van der Waals surface area contributed by atoms with Gasteiger partial charge in [-0.3, -0.25) is 0 Å². The van der Waals surface area contributed by atoms with Crippen molar-refractivity contribution >= 4 is 32.4 Å². The third-order valence-electron chi connectivity index (χ3n) is 1.27. The lowest BCUT2D eigenvalue weighted by molar-refractivity contribution is 0.0254. The van der Waals surface area contributed by atoms with Crippen LogP contribution in [0.1, 0.15) is 0 Å². The molecular weight excluding hydrogens is 264 g/mol. The molecule has 3 N–H and O–H groups in total. The molecule has 3 nitrogen and oxygen atoms in total. The summed E-state index contributed by atoms with van der Waals surface area (Å²) in [4.78, 5) is 3.90. The molecule has 0 fully saturated rings. The number of hydrogen-bond acceptors (Lipinski definition) is 4. The molecule has 0 aliphatic heterocycles. The lowest BCUT2D eigenvalue weighted by Gasteiger charge is -2.13.